The van der Waals surface area contributed by atoms with Crippen molar-refractivity contribution in [1.29, 1.82) is 0 Å². The number of carbonyl (C=O) groups is 1. The van der Waals surface area contributed by atoms with E-state index in [0.29, 0.717) is 16.4 Å². The first-order valence-electron chi connectivity index (χ1n) is 5.69. The molecule has 0 saturated heterocycles. The maximum atomic E-state index is 11.8. The lowest BCUT2D eigenvalue weighted by molar-refractivity contribution is 0.262. The average Bonchev–Trinajstić information content (AvgIpc) is 2.94. The number of nitrogens with zero attached hydrogens (tertiary/aromatic N) is 5. The zero-order valence-corrected chi connectivity index (χ0v) is 11.2. The normalized spacial score (nSPS) is 10.7. The van der Waals surface area contributed by atoms with Crippen LogP contribution in [0, 0.1) is 0 Å². The van der Waals surface area contributed by atoms with Crippen LogP contribution < -0.4 is 10.6 Å². The highest BCUT2D eigenvalue weighted by atomic mass is 35.5. The minimum Gasteiger partial charge on any atom is -0.305 e. The molecule has 102 valence electrons. The third kappa shape index (κ3) is 2.54. The number of carbonyl (C=O) groups excluding carboxylic acids is 1. The van der Waals surface area contributed by atoms with Crippen molar-refractivity contribution in [3.63, 3.8) is 0 Å². The first kappa shape index (κ1) is 12.4. The number of hydrogen-bond donors (Lipinski definition) is 2. The minimum atomic E-state index is -0.444. The molecule has 3 heterocycles. The van der Waals surface area contributed by atoms with Gasteiger partial charge in [-0.3, -0.25) is 10.00 Å². The number of aromatic nitrogens is 5. The zero-order valence-electron chi connectivity index (χ0n) is 10.4. The molecule has 3 aromatic rings. The van der Waals surface area contributed by atoms with Crippen molar-refractivity contribution in [2.45, 2.75) is 0 Å². The molecule has 0 bridgehead atoms. The maximum absolute atomic E-state index is 11.8. The second-order valence-corrected chi connectivity index (χ2v) is 4.50. The average molecular weight is 292 g/mol. The minimum absolute atomic E-state index is 0.189. The topological polar surface area (TPSA) is 89.1 Å². The van der Waals surface area contributed by atoms with Crippen molar-refractivity contribution in [1.82, 2.24) is 24.4 Å². The van der Waals surface area contributed by atoms with Crippen LogP contribution in [0.25, 0.3) is 5.65 Å². The summed E-state index contributed by atoms with van der Waals surface area (Å²) in [5, 5.41) is 13.7. The van der Waals surface area contributed by atoms with Gasteiger partial charge < -0.3 is 5.32 Å². The van der Waals surface area contributed by atoms with Crippen molar-refractivity contribution in [2.24, 2.45) is 7.05 Å². The summed E-state index contributed by atoms with van der Waals surface area (Å²) in [4.78, 5) is 15.9. The van der Waals surface area contributed by atoms with Crippen LogP contribution in [-0.4, -0.2) is 30.4 Å². The van der Waals surface area contributed by atoms with Gasteiger partial charge >= 0.3 is 6.03 Å². The molecule has 0 aliphatic carbocycles. The van der Waals surface area contributed by atoms with Gasteiger partial charge in [-0.2, -0.15) is 10.1 Å². The van der Waals surface area contributed by atoms with Crippen molar-refractivity contribution >= 4 is 34.9 Å². The van der Waals surface area contributed by atoms with Gasteiger partial charge in [0.25, 0.3) is 5.95 Å². The van der Waals surface area contributed by atoms with E-state index < -0.39 is 6.03 Å². The summed E-state index contributed by atoms with van der Waals surface area (Å²) >= 11 is 5.85. The first-order valence-corrected chi connectivity index (χ1v) is 6.06. The van der Waals surface area contributed by atoms with Crippen LogP contribution in [0.5, 0.6) is 0 Å². The Morgan fingerprint density at radius 1 is 1.30 bits per heavy atom. The Bertz CT molecular complexity index is 778. The smallest absolute Gasteiger partial charge is 0.305 e. The van der Waals surface area contributed by atoms with Gasteiger partial charge in [0.15, 0.2) is 5.65 Å². The number of amides is 2. The fourth-order valence-electron chi connectivity index (χ4n) is 1.66. The Morgan fingerprint density at radius 3 is 2.90 bits per heavy atom. The van der Waals surface area contributed by atoms with Crippen molar-refractivity contribution in [2.75, 3.05) is 10.6 Å². The van der Waals surface area contributed by atoms with E-state index in [1.807, 2.05) is 0 Å². The molecule has 3 aromatic heterocycles. The van der Waals surface area contributed by atoms with E-state index in [2.05, 4.69) is 25.8 Å². The molecule has 2 amide bonds. The lowest BCUT2D eigenvalue weighted by Crippen LogP contribution is -2.19. The molecule has 3 rings (SSSR count). The van der Waals surface area contributed by atoms with Gasteiger partial charge in [-0.1, -0.05) is 11.6 Å². The highest BCUT2D eigenvalue weighted by Crippen LogP contribution is 2.11. The van der Waals surface area contributed by atoms with Crippen LogP contribution in [-0.2, 0) is 7.05 Å². The molecule has 9 heteroatoms. The molecule has 0 fully saturated rings. The van der Waals surface area contributed by atoms with Gasteiger partial charge in [-0.25, -0.2) is 9.31 Å². The molecule has 0 saturated carbocycles. The number of hydrogen-bond acceptors (Lipinski definition) is 4. The summed E-state index contributed by atoms with van der Waals surface area (Å²) < 4.78 is 3.07. The van der Waals surface area contributed by atoms with Gasteiger partial charge in [0.05, 0.1) is 16.9 Å². The lowest BCUT2D eigenvalue weighted by Gasteiger charge is -2.00. The largest absolute Gasteiger partial charge is 0.326 e. The number of halogens is 1. The molecular weight excluding hydrogens is 282 g/mol. The van der Waals surface area contributed by atoms with Gasteiger partial charge in [-0.05, 0) is 12.1 Å². The summed E-state index contributed by atoms with van der Waals surface area (Å²) in [6.45, 7) is 0. The number of pyridine rings is 1. The molecular formula is C11H10ClN7O. The van der Waals surface area contributed by atoms with Crippen LogP contribution in [0.3, 0.4) is 0 Å². The Kier molecular flexibility index (Phi) is 2.99. The Balaban J connectivity index is 1.73. The van der Waals surface area contributed by atoms with E-state index >= 15 is 0 Å². The lowest BCUT2D eigenvalue weighted by atomic mass is 10.5. The van der Waals surface area contributed by atoms with E-state index in [1.54, 1.807) is 36.3 Å². The molecule has 0 unspecified atom stereocenters. The molecule has 0 aliphatic rings. The van der Waals surface area contributed by atoms with Gasteiger partial charge in [-0.15, -0.1) is 5.10 Å². The number of nitrogens with one attached hydrogen (secondary N) is 2. The maximum Gasteiger partial charge on any atom is 0.326 e. The fraction of sp³-hybridized carbons (Fsp3) is 0.0909. The predicted octanol–water partition coefficient (Wildman–Crippen LogP) is 1.76. The van der Waals surface area contributed by atoms with Crippen LogP contribution in [0.1, 0.15) is 0 Å². The molecule has 0 atom stereocenters. The second-order valence-electron chi connectivity index (χ2n) is 4.07. The summed E-state index contributed by atoms with van der Waals surface area (Å²) in [6, 6.07) is 2.96. The molecule has 0 aromatic carbocycles. The van der Waals surface area contributed by atoms with Crippen LogP contribution >= 0.6 is 11.6 Å². The summed E-state index contributed by atoms with van der Waals surface area (Å²) in [6.07, 6.45) is 4.82. The zero-order chi connectivity index (χ0) is 14.1. The van der Waals surface area contributed by atoms with Crippen molar-refractivity contribution < 1.29 is 4.79 Å². The highest BCUT2D eigenvalue weighted by molar-refractivity contribution is 6.30. The molecule has 2 N–H and O–H groups in total. The molecule has 0 spiro atoms. The van der Waals surface area contributed by atoms with Crippen LogP contribution in [0.2, 0.25) is 5.02 Å². The number of fused-ring (bicyclic) bond motifs is 1. The molecule has 0 aliphatic heterocycles. The fourth-order valence-corrected chi connectivity index (χ4v) is 1.82. The number of aryl methyl sites for hydroxylation is 1. The number of anilines is 2. The van der Waals surface area contributed by atoms with Gasteiger partial charge in [0.2, 0.25) is 0 Å². The monoisotopic (exact) mass is 291 g/mol. The van der Waals surface area contributed by atoms with E-state index in [1.165, 1.54) is 10.7 Å². The van der Waals surface area contributed by atoms with Gasteiger partial charge in [0, 0.05) is 19.4 Å². The Labute approximate surface area is 118 Å². The van der Waals surface area contributed by atoms with Crippen LogP contribution in [0.4, 0.5) is 16.4 Å². The van der Waals surface area contributed by atoms with E-state index in [9.17, 15) is 4.79 Å². The van der Waals surface area contributed by atoms with E-state index in [0.717, 1.165) is 0 Å². The summed E-state index contributed by atoms with van der Waals surface area (Å²) in [5.41, 5.74) is 1.17. The SMILES string of the molecule is Cn1cc(NC(=O)Nc2nc3ccc(Cl)cn3n2)cn1. The summed E-state index contributed by atoms with van der Waals surface area (Å²) in [7, 11) is 1.76. The Hall–Kier alpha value is -2.61. The number of rotatable bonds is 2. The van der Waals surface area contributed by atoms with Crippen molar-refractivity contribution in [3.05, 3.63) is 35.7 Å². The Morgan fingerprint density at radius 2 is 2.15 bits per heavy atom. The number of urea groups is 1. The van der Waals surface area contributed by atoms with E-state index in [-0.39, 0.29) is 5.95 Å². The molecule has 0 radical (unpaired) electrons. The third-order valence-corrected chi connectivity index (χ3v) is 2.71. The third-order valence-electron chi connectivity index (χ3n) is 2.48. The molecule has 20 heavy (non-hydrogen) atoms. The molecule has 8 nitrogen and oxygen atoms in total. The van der Waals surface area contributed by atoms with Crippen LogP contribution in [0.15, 0.2) is 30.7 Å². The predicted molar refractivity (Wildman–Crippen MR) is 73.8 cm³/mol. The van der Waals surface area contributed by atoms with E-state index in [4.69, 9.17) is 11.6 Å². The highest BCUT2D eigenvalue weighted by Gasteiger charge is 2.08. The van der Waals surface area contributed by atoms with Crippen molar-refractivity contribution in [3.8, 4) is 0 Å². The first-order chi connectivity index (χ1) is 9.60. The quantitative estimate of drug-likeness (QED) is 0.753. The second kappa shape index (κ2) is 4.82. The standard InChI is InChI=1S/C11H10ClN7O/c1-18-6-8(4-13-18)14-11(20)16-10-15-9-3-2-7(12)5-19(9)17-10/h2-6H,1H3,(H2,14,16,17,20). The summed E-state index contributed by atoms with van der Waals surface area (Å²) in [5.74, 6) is 0.189. The van der Waals surface area contributed by atoms with Gasteiger partial charge in [0.1, 0.15) is 0 Å².